The number of nitro benzene ring substituents is 1. The lowest BCUT2D eigenvalue weighted by atomic mass is 10.0. The first-order valence-electron chi connectivity index (χ1n) is 12.6. The third-order valence-electron chi connectivity index (χ3n) is 6.03. The maximum atomic E-state index is 13.7. The second kappa shape index (κ2) is 13.9. The van der Waals surface area contributed by atoms with Crippen molar-refractivity contribution in [1.29, 1.82) is 0 Å². The number of sulfonamides is 1. The van der Waals surface area contributed by atoms with Gasteiger partial charge in [0.1, 0.15) is 6.61 Å². The van der Waals surface area contributed by atoms with E-state index in [2.05, 4.69) is 5.32 Å². The Bertz CT molecular complexity index is 1390. The zero-order valence-electron chi connectivity index (χ0n) is 22.2. The molecule has 3 aromatic rings. The summed E-state index contributed by atoms with van der Waals surface area (Å²) in [5.41, 5.74) is 1.02. The molecule has 1 amide bonds. The van der Waals surface area contributed by atoms with E-state index in [0.717, 1.165) is 21.5 Å². The third kappa shape index (κ3) is 8.50. The smallest absolute Gasteiger partial charge is 0.404 e. The zero-order chi connectivity index (χ0) is 29.3. The van der Waals surface area contributed by atoms with Crippen LogP contribution < -0.4 is 10.1 Å². The van der Waals surface area contributed by atoms with E-state index in [0.29, 0.717) is 0 Å². The molecule has 11 nitrogen and oxygen atoms in total. The first-order valence-corrected chi connectivity index (χ1v) is 14.1. The average molecular weight is 572 g/mol. The molecule has 0 saturated heterocycles. The second-order valence-corrected chi connectivity index (χ2v) is 11.6. The van der Waals surface area contributed by atoms with Crippen molar-refractivity contribution in [3.05, 3.63) is 100 Å². The van der Waals surface area contributed by atoms with Gasteiger partial charge in [-0.15, -0.1) is 0 Å². The Kier molecular flexibility index (Phi) is 10.6. The second-order valence-electron chi connectivity index (χ2n) is 9.69. The average Bonchev–Trinajstić information content (AvgIpc) is 2.91. The molecule has 3 aromatic carbocycles. The number of nitrogens with one attached hydrogen (secondary N) is 1. The predicted octanol–water partition coefficient (Wildman–Crippen LogP) is 4.06. The Hall–Kier alpha value is -4.00. The van der Waals surface area contributed by atoms with Crippen LogP contribution in [0.1, 0.15) is 25.0 Å². The first-order chi connectivity index (χ1) is 19.0. The molecule has 3 N–H and O–H groups in total. The van der Waals surface area contributed by atoms with Crippen LogP contribution in [-0.4, -0.2) is 59.2 Å². The summed E-state index contributed by atoms with van der Waals surface area (Å²) in [6, 6.07) is 20.3. The zero-order valence-corrected chi connectivity index (χ0v) is 23.0. The fraction of sp³-hybridized carbons (Fsp3) is 0.321. The van der Waals surface area contributed by atoms with Crippen molar-refractivity contribution in [2.75, 3.05) is 13.1 Å². The quantitative estimate of drug-likeness (QED) is 0.193. The van der Waals surface area contributed by atoms with Gasteiger partial charge in [0, 0.05) is 19.2 Å². The molecular weight excluding hydrogens is 538 g/mol. The highest BCUT2D eigenvalue weighted by molar-refractivity contribution is 7.89. The van der Waals surface area contributed by atoms with E-state index in [1.54, 1.807) is 68.4 Å². The minimum Gasteiger partial charge on any atom is -0.482 e. The SMILES string of the molecule is CC(C)CN(C[C@@H](O)[C@H](Cc1ccccc1)NC(=O)O)S(=O)(=O)c1ccc(OCc2ccccc2)c([N+](=O)[O-])c1. The van der Waals surface area contributed by atoms with Crippen molar-refractivity contribution in [1.82, 2.24) is 9.62 Å². The molecule has 40 heavy (non-hydrogen) atoms. The number of ether oxygens (including phenoxy) is 1. The molecule has 0 bridgehead atoms. The van der Waals surface area contributed by atoms with Gasteiger partial charge in [0.05, 0.1) is 22.0 Å². The summed E-state index contributed by atoms with van der Waals surface area (Å²) in [7, 11) is -4.33. The summed E-state index contributed by atoms with van der Waals surface area (Å²) < 4.78 is 34.0. The Morgan fingerprint density at radius 2 is 1.60 bits per heavy atom. The van der Waals surface area contributed by atoms with E-state index in [4.69, 9.17) is 4.74 Å². The molecular formula is C28H33N3O8S. The molecule has 3 rings (SSSR count). The Balaban J connectivity index is 1.88. The highest BCUT2D eigenvalue weighted by Gasteiger charge is 2.33. The number of amides is 1. The minimum absolute atomic E-state index is 0.00935. The molecule has 0 radical (unpaired) electrons. The van der Waals surface area contributed by atoms with Crippen LogP contribution in [-0.2, 0) is 23.1 Å². The molecule has 0 aliphatic heterocycles. The van der Waals surface area contributed by atoms with Gasteiger partial charge in [-0.25, -0.2) is 13.2 Å². The van der Waals surface area contributed by atoms with Crippen molar-refractivity contribution in [3.63, 3.8) is 0 Å². The highest BCUT2D eigenvalue weighted by atomic mass is 32.2. The van der Waals surface area contributed by atoms with E-state index in [1.165, 1.54) is 12.1 Å². The van der Waals surface area contributed by atoms with E-state index >= 15 is 0 Å². The summed E-state index contributed by atoms with van der Waals surface area (Å²) in [4.78, 5) is 22.2. The van der Waals surface area contributed by atoms with Crippen LogP contribution in [0.25, 0.3) is 0 Å². The summed E-state index contributed by atoms with van der Waals surface area (Å²) in [5.74, 6) is -0.248. The lowest BCUT2D eigenvalue weighted by Crippen LogP contribution is -2.50. The molecule has 0 unspecified atom stereocenters. The number of carbonyl (C=O) groups is 1. The molecule has 0 fully saturated rings. The van der Waals surface area contributed by atoms with Gasteiger partial charge in [-0.05, 0) is 35.6 Å². The molecule has 214 valence electrons. The molecule has 0 aromatic heterocycles. The van der Waals surface area contributed by atoms with Crippen molar-refractivity contribution in [2.24, 2.45) is 5.92 Å². The number of hydrogen-bond donors (Lipinski definition) is 3. The normalized spacial score (nSPS) is 13.1. The maximum absolute atomic E-state index is 13.7. The predicted molar refractivity (Wildman–Crippen MR) is 149 cm³/mol. The summed E-state index contributed by atoms with van der Waals surface area (Å²) in [6.07, 6.45) is -2.64. The van der Waals surface area contributed by atoms with E-state index in [1.807, 2.05) is 6.07 Å². The van der Waals surface area contributed by atoms with Crippen LogP contribution in [0.3, 0.4) is 0 Å². The third-order valence-corrected chi connectivity index (χ3v) is 7.86. The molecule has 0 saturated carbocycles. The summed E-state index contributed by atoms with van der Waals surface area (Å²) in [6.45, 7) is 3.19. The molecule has 0 spiro atoms. The number of nitrogens with zero attached hydrogens (tertiary/aromatic N) is 2. The van der Waals surface area contributed by atoms with E-state index in [-0.39, 0.29) is 36.1 Å². The first kappa shape index (κ1) is 30.5. The van der Waals surface area contributed by atoms with Crippen LogP contribution in [0.4, 0.5) is 10.5 Å². The van der Waals surface area contributed by atoms with Crippen LogP contribution >= 0.6 is 0 Å². The van der Waals surface area contributed by atoms with Crippen LogP contribution in [0.15, 0.2) is 83.8 Å². The van der Waals surface area contributed by atoms with Gasteiger partial charge >= 0.3 is 11.8 Å². The summed E-state index contributed by atoms with van der Waals surface area (Å²) >= 11 is 0. The number of benzene rings is 3. The molecule has 0 aliphatic carbocycles. The van der Waals surface area contributed by atoms with Gasteiger partial charge in [-0.2, -0.15) is 4.31 Å². The fourth-order valence-corrected chi connectivity index (χ4v) is 5.77. The van der Waals surface area contributed by atoms with Crippen molar-refractivity contribution in [3.8, 4) is 5.75 Å². The number of aliphatic hydroxyl groups excluding tert-OH is 1. The maximum Gasteiger partial charge on any atom is 0.404 e. The van der Waals surface area contributed by atoms with Gasteiger partial charge in [0.25, 0.3) is 0 Å². The fourth-order valence-electron chi connectivity index (χ4n) is 4.13. The molecule has 0 heterocycles. The largest absolute Gasteiger partial charge is 0.482 e. The molecule has 2 atom stereocenters. The van der Waals surface area contributed by atoms with Gasteiger partial charge < -0.3 is 20.3 Å². The van der Waals surface area contributed by atoms with Gasteiger partial charge in [-0.1, -0.05) is 74.5 Å². The number of carboxylic acid groups (broad SMARTS) is 1. The van der Waals surface area contributed by atoms with Crippen molar-refractivity contribution >= 4 is 21.8 Å². The number of hydrogen-bond acceptors (Lipinski definition) is 7. The highest BCUT2D eigenvalue weighted by Crippen LogP contribution is 2.32. The van der Waals surface area contributed by atoms with E-state index < -0.39 is 45.4 Å². The standard InChI is InChI=1S/C28H33N3O8S/c1-20(2)17-30(18-26(32)24(29-28(33)34)15-21-9-5-3-6-10-21)40(37,38)23-13-14-27(25(16-23)31(35)36)39-19-22-11-7-4-8-12-22/h3-14,16,20,24,26,29,32H,15,17-19H2,1-2H3,(H,33,34)/t24-,26+/m0/s1. The topological polar surface area (TPSA) is 159 Å². The summed E-state index contributed by atoms with van der Waals surface area (Å²) in [5, 5.41) is 34.4. The van der Waals surface area contributed by atoms with Gasteiger partial charge in [-0.3, -0.25) is 10.1 Å². The number of aliphatic hydroxyl groups is 1. The Labute approximate surface area is 233 Å². The number of rotatable bonds is 14. The van der Waals surface area contributed by atoms with Crippen molar-refractivity contribution in [2.45, 2.75) is 43.9 Å². The molecule has 0 aliphatic rings. The monoisotopic (exact) mass is 571 g/mol. The Morgan fingerprint density at radius 1 is 1.00 bits per heavy atom. The van der Waals surface area contributed by atoms with Crippen LogP contribution in [0.2, 0.25) is 0 Å². The van der Waals surface area contributed by atoms with E-state index in [9.17, 15) is 33.5 Å². The minimum atomic E-state index is -4.33. The lowest BCUT2D eigenvalue weighted by molar-refractivity contribution is -0.386. The Morgan fingerprint density at radius 3 is 2.15 bits per heavy atom. The van der Waals surface area contributed by atoms with Gasteiger partial charge in [0.15, 0.2) is 5.75 Å². The number of nitro groups is 1. The molecule has 12 heteroatoms. The van der Waals surface area contributed by atoms with Crippen molar-refractivity contribution < 1.29 is 33.1 Å². The van der Waals surface area contributed by atoms with Gasteiger partial charge in [0.2, 0.25) is 10.0 Å². The van der Waals surface area contributed by atoms with Crippen LogP contribution in [0, 0.1) is 16.0 Å². The lowest BCUT2D eigenvalue weighted by Gasteiger charge is -2.30. The van der Waals surface area contributed by atoms with Crippen LogP contribution in [0.5, 0.6) is 5.75 Å².